The van der Waals surface area contributed by atoms with E-state index in [4.69, 9.17) is 49.0 Å². The van der Waals surface area contributed by atoms with Gasteiger partial charge in [0.1, 0.15) is 12.4 Å². The van der Waals surface area contributed by atoms with Gasteiger partial charge in [-0.15, -0.1) is 0 Å². The van der Waals surface area contributed by atoms with E-state index in [0.29, 0.717) is 42.7 Å². The highest BCUT2D eigenvalue weighted by Crippen LogP contribution is 2.37. The van der Waals surface area contributed by atoms with Crippen molar-refractivity contribution < 1.29 is 19.0 Å². The SMILES string of the molecule is CCOC(=O)C1=C(C)N=c2sc(=Cc3ccc(OC)c(COc4c(Cl)cc(Cl)cc4Cl)c3)c(=O)n2[C@H]1c1ccc(N(C)C)cc1. The molecule has 0 saturated heterocycles. The summed E-state index contributed by atoms with van der Waals surface area (Å²) in [5.74, 6) is 0.385. The Morgan fingerprint density at radius 3 is 2.38 bits per heavy atom. The molecule has 1 aliphatic heterocycles. The predicted molar refractivity (Wildman–Crippen MR) is 180 cm³/mol. The Balaban J connectivity index is 1.57. The van der Waals surface area contributed by atoms with Crippen LogP contribution in [0, 0.1) is 0 Å². The second-order valence-corrected chi connectivity index (χ2v) is 12.6. The smallest absolute Gasteiger partial charge is 0.338 e. The first-order valence-electron chi connectivity index (χ1n) is 13.9. The largest absolute Gasteiger partial charge is 0.496 e. The zero-order valence-corrected chi connectivity index (χ0v) is 28.3. The van der Waals surface area contributed by atoms with Gasteiger partial charge in [-0.05, 0) is 67.4 Å². The van der Waals surface area contributed by atoms with E-state index in [-0.39, 0.29) is 28.8 Å². The van der Waals surface area contributed by atoms with Crippen LogP contribution in [0.5, 0.6) is 11.5 Å². The lowest BCUT2D eigenvalue weighted by atomic mass is 9.95. The summed E-state index contributed by atoms with van der Waals surface area (Å²) in [6, 6.07) is 15.7. The lowest BCUT2D eigenvalue weighted by Gasteiger charge is -2.25. The minimum atomic E-state index is -0.702. The third-order valence-corrected chi connectivity index (χ3v) is 8.94. The van der Waals surface area contributed by atoms with Gasteiger partial charge in [0.15, 0.2) is 10.6 Å². The molecule has 0 fully saturated rings. The van der Waals surface area contributed by atoms with E-state index < -0.39 is 12.0 Å². The van der Waals surface area contributed by atoms with Crippen LogP contribution < -0.4 is 29.3 Å². The Hall–Kier alpha value is -3.76. The lowest BCUT2D eigenvalue weighted by Crippen LogP contribution is -2.39. The third kappa shape index (κ3) is 6.77. The van der Waals surface area contributed by atoms with Crippen LogP contribution in [0.15, 0.2) is 75.7 Å². The molecule has 0 aliphatic carbocycles. The van der Waals surface area contributed by atoms with Gasteiger partial charge in [-0.2, -0.15) is 0 Å². The number of carbonyl (C=O) groups excluding carboxylic acids is 1. The summed E-state index contributed by atoms with van der Waals surface area (Å²) in [5, 5.41) is 0.968. The number of methoxy groups -OCH3 is 1. The molecule has 4 aromatic rings. The number of hydrogen-bond acceptors (Lipinski definition) is 8. The van der Waals surface area contributed by atoms with Crippen LogP contribution in [0.25, 0.3) is 6.08 Å². The number of esters is 1. The van der Waals surface area contributed by atoms with Crippen molar-refractivity contribution in [2.45, 2.75) is 26.5 Å². The van der Waals surface area contributed by atoms with E-state index in [1.165, 1.54) is 11.3 Å². The number of anilines is 1. The fourth-order valence-electron chi connectivity index (χ4n) is 5.03. The molecule has 0 unspecified atom stereocenters. The highest BCUT2D eigenvalue weighted by atomic mass is 35.5. The summed E-state index contributed by atoms with van der Waals surface area (Å²) < 4.78 is 18.9. The number of thiazole rings is 1. The quantitative estimate of drug-likeness (QED) is 0.189. The molecule has 1 aromatic heterocycles. The minimum absolute atomic E-state index is 0.0955. The molecule has 0 N–H and O–H groups in total. The number of rotatable bonds is 9. The van der Waals surface area contributed by atoms with Crippen molar-refractivity contribution >= 4 is 63.9 Å². The number of halogens is 3. The Bertz CT molecular complexity index is 1960. The summed E-state index contributed by atoms with van der Waals surface area (Å²) in [4.78, 5) is 34.4. The van der Waals surface area contributed by atoms with Crippen molar-refractivity contribution in [1.82, 2.24) is 4.57 Å². The van der Waals surface area contributed by atoms with Crippen molar-refractivity contribution in [3.63, 3.8) is 0 Å². The maximum atomic E-state index is 14.0. The van der Waals surface area contributed by atoms with Gasteiger partial charge >= 0.3 is 5.97 Å². The van der Waals surface area contributed by atoms with Crippen molar-refractivity contribution in [2.24, 2.45) is 4.99 Å². The molecule has 2 heterocycles. The van der Waals surface area contributed by atoms with Gasteiger partial charge in [-0.1, -0.05) is 64.3 Å². The molecule has 12 heteroatoms. The van der Waals surface area contributed by atoms with Gasteiger partial charge in [0.25, 0.3) is 5.56 Å². The van der Waals surface area contributed by atoms with Crippen LogP contribution >= 0.6 is 46.1 Å². The topological polar surface area (TPSA) is 82.4 Å². The normalized spacial score (nSPS) is 14.6. The highest BCUT2D eigenvalue weighted by molar-refractivity contribution is 7.07. The summed E-state index contributed by atoms with van der Waals surface area (Å²) in [6.45, 7) is 3.81. The first kappa shape index (κ1) is 32.6. The van der Waals surface area contributed by atoms with Gasteiger partial charge < -0.3 is 19.1 Å². The minimum Gasteiger partial charge on any atom is -0.496 e. The molecule has 1 atom stereocenters. The molecular weight excluding hydrogens is 657 g/mol. The van der Waals surface area contributed by atoms with Crippen molar-refractivity contribution in [2.75, 3.05) is 32.7 Å². The molecule has 0 bridgehead atoms. The average Bonchev–Trinajstić information content (AvgIpc) is 3.29. The van der Waals surface area contributed by atoms with E-state index in [0.717, 1.165) is 16.8 Å². The molecule has 45 heavy (non-hydrogen) atoms. The molecule has 0 spiro atoms. The van der Waals surface area contributed by atoms with Crippen molar-refractivity contribution in [3.05, 3.63) is 117 Å². The number of nitrogens with zero attached hydrogens (tertiary/aromatic N) is 3. The average molecular weight is 687 g/mol. The Kier molecular flexibility index (Phi) is 9.94. The number of allylic oxidation sites excluding steroid dienone is 1. The Morgan fingerprint density at radius 1 is 1.07 bits per heavy atom. The molecular formula is C33H30Cl3N3O5S. The van der Waals surface area contributed by atoms with Gasteiger partial charge in [0, 0.05) is 30.4 Å². The molecule has 0 amide bonds. The van der Waals surface area contributed by atoms with E-state index in [1.807, 2.05) is 55.4 Å². The van der Waals surface area contributed by atoms with Gasteiger partial charge in [-0.3, -0.25) is 9.36 Å². The first-order chi connectivity index (χ1) is 21.5. The molecule has 3 aromatic carbocycles. The van der Waals surface area contributed by atoms with E-state index in [9.17, 15) is 9.59 Å². The van der Waals surface area contributed by atoms with Crippen molar-refractivity contribution in [1.29, 1.82) is 0 Å². The standard InChI is InChI=1S/C33H30Cl3N3O5S/c1-6-43-32(41)28-18(2)37-33-39(29(28)20-8-10-23(11-9-20)38(3)4)31(40)27(45-33)14-19-7-12-26(42-5)21(13-19)17-44-30-24(35)15-22(34)16-25(30)36/h7-16,29H,6,17H2,1-5H3/t29-/m0/s1. The zero-order chi connectivity index (χ0) is 32.4. The van der Waals surface area contributed by atoms with Gasteiger partial charge in [0.2, 0.25) is 0 Å². The molecule has 0 radical (unpaired) electrons. The van der Waals surface area contributed by atoms with Gasteiger partial charge in [0.05, 0.1) is 45.6 Å². The van der Waals surface area contributed by atoms with Crippen LogP contribution in [0.3, 0.4) is 0 Å². The number of carbonyl (C=O) groups is 1. The third-order valence-electron chi connectivity index (χ3n) is 7.18. The molecule has 0 saturated carbocycles. The summed E-state index contributed by atoms with van der Waals surface area (Å²) in [6.07, 6.45) is 1.78. The number of fused-ring (bicyclic) bond motifs is 1. The maximum Gasteiger partial charge on any atom is 0.338 e. The monoisotopic (exact) mass is 685 g/mol. The first-order valence-corrected chi connectivity index (χ1v) is 15.9. The summed E-state index contributed by atoms with van der Waals surface area (Å²) in [7, 11) is 5.46. The number of hydrogen-bond donors (Lipinski definition) is 0. The number of aromatic nitrogens is 1. The van der Waals surface area contributed by atoms with E-state index >= 15 is 0 Å². The summed E-state index contributed by atoms with van der Waals surface area (Å²) >= 11 is 19.9. The van der Waals surface area contributed by atoms with Crippen LogP contribution in [0.1, 0.15) is 36.6 Å². The number of ether oxygens (including phenoxy) is 3. The summed E-state index contributed by atoms with van der Waals surface area (Å²) in [5.41, 5.74) is 3.77. The molecule has 1 aliphatic rings. The van der Waals surface area contributed by atoms with E-state index in [2.05, 4.69) is 4.99 Å². The Labute approximate surface area is 279 Å². The van der Waals surface area contributed by atoms with Crippen molar-refractivity contribution in [3.8, 4) is 11.5 Å². The molecule has 5 rings (SSSR count). The molecule has 8 nitrogen and oxygen atoms in total. The van der Waals surface area contributed by atoms with Gasteiger partial charge in [-0.25, -0.2) is 9.79 Å². The lowest BCUT2D eigenvalue weighted by molar-refractivity contribution is -0.139. The van der Waals surface area contributed by atoms with Crippen LogP contribution in [-0.4, -0.2) is 38.3 Å². The second-order valence-electron chi connectivity index (χ2n) is 10.3. The second kappa shape index (κ2) is 13.7. The molecule has 234 valence electrons. The van der Waals surface area contributed by atoms with Crippen LogP contribution in [0.2, 0.25) is 15.1 Å². The van der Waals surface area contributed by atoms with Crippen LogP contribution in [0.4, 0.5) is 5.69 Å². The predicted octanol–water partition coefficient (Wildman–Crippen LogP) is 6.41. The zero-order valence-electron chi connectivity index (χ0n) is 25.2. The Morgan fingerprint density at radius 2 is 1.76 bits per heavy atom. The fourth-order valence-corrected chi connectivity index (χ4v) is 7.00. The van der Waals surface area contributed by atoms with E-state index in [1.54, 1.807) is 49.8 Å². The maximum absolute atomic E-state index is 14.0. The highest BCUT2D eigenvalue weighted by Gasteiger charge is 2.33. The fraction of sp³-hybridized carbons (Fsp3) is 0.242. The van der Waals surface area contributed by atoms with Crippen LogP contribution in [-0.2, 0) is 16.1 Å². The number of benzene rings is 3.